The van der Waals surface area contributed by atoms with E-state index < -0.39 is 23.3 Å². The molecule has 0 radical (unpaired) electrons. The summed E-state index contributed by atoms with van der Waals surface area (Å²) in [5, 5.41) is 15.6. The van der Waals surface area contributed by atoms with Crippen molar-refractivity contribution in [3.05, 3.63) is 59.0 Å². The summed E-state index contributed by atoms with van der Waals surface area (Å²) in [4.78, 5) is 30.4. The van der Waals surface area contributed by atoms with Crippen molar-refractivity contribution >= 4 is 11.9 Å². The zero-order valence-corrected chi connectivity index (χ0v) is 35.1. The van der Waals surface area contributed by atoms with Gasteiger partial charge in [-0.25, -0.2) is 14.8 Å². The number of esters is 2. The molecule has 4 aromatic heterocycles. The van der Waals surface area contributed by atoms with Crippen molar-refractivity contribution < 1.29 is 45.6 Å². The van der Waals surface area contributed by atoms with Crippen LogP contribution in [0.5, 0.6) is 0 Å². The standard InChI is InChI=1S/C10H15NO3.C8H10F3NO.C8H13NO.C6H12N4.C5H10O2/c1-5-13-8(12)7-6-14-9(11-7)10(2,3)4;1-7(2,3)6-12-5(4-13-6)8(9,10)11;1-6-5-7(9-10-6)8(2,3)4;1-6(2,3)5-7-9-10(4)8-5;1-4(2)5(6)7-3/h6H,5H2,1-4H3;4H,1-3H3;5H,1-4H3;1-4H3;4H,1-3H3. The van der Waals surface area contributed by atoms with E-state index in [-0.39, 0.29) is 39.7 Å². The van der Waals surface area contributed by atoms with E-state index in [9.17, 15) is 22.8 Å². The Hall–Kier alpha value is -4.57. The molecular weight excluding hydrogens is 711 g/mol. The quantitative estimate of drug-likeness (QED) is 0.181. The highest BCUT2D eigenvalue weighted by Crippen LogP contribution is 2.31. The number of oxazole rings is 2. The Kier molecular flexibility index (Phi) is 18.5. The third kappa shape index (κ3) is 18.5. The molecule has 4 aromatic rings. The molecule has 0 N–H and O–H groups in total. The van der Waals surface area contributed by atoms with E-state index in [0.29, 0.717) is 18.8 Å². The van der Waals surface area contributed by atoms with Crippen LogP contribution in [-0.4, -0.2) is 61.0 Å². The van der Waals surface area contributed by atoms with Crippen molar-refractivity contribution in [2.24, 2.45) is 13.0 Å². The van der Waals surface area contributed by atoms with Gasteiger partial charge in [0.2, 0.25) is 0 Å². The molecule has 0 fully saturated rings. The van der Waals surface area contributed by atoms with Crippen LogP contribution in [-0.2, 0) is 49.2 Å². The van der Waals surface area contributed by atoms with Crippen molar-refractivity contribution in [3.63, 3.8) is 0 Å². The molecule has 306 valence electrons. The van der Waals surface area contributed by atoms with Crippen LogP contribution in [0.25, 0.3) is 0 Å². The van der Waals surface area contributed by atoms with Gasteiger partial charge >= 0.3 is 18.1 Å². The molecule has 0 saturated heterocycles. The number of halogens is 3. The Balaban J connectivity index is 0.000000662. The number of rotatable bonds is 3. The zero-order valence-electron chi connectivity index (χ0n) is 35.1. The number of carbonyl (C=O) groups is 2. The Morgan fingerprint density at radius 2 is 1.33 bits per heavy atom. The molecule has 14 nitrogen and oxygen atoms in total. The molecule has 0 aromatic carbocycles. The summed E-state index contributed by atoms with van der Waals surface area (Å²) in [6, 6.07) is 1.97. The molecule has 0 unspecified atom stereocenters. The summed E-state index contributed by atoms with van der Waals surface area (Å²) < 4.78 is 60.2. The first-order valence-electron chi connectivity index (χ1n) is 17.3. The number of alkyl halides is 3. The summed E-state index contributed by atoms with van der Waals surface area (Å²) in [6.07, 6.45) is -2.45. The lowest BCUT2D eigenvalue weighted by atomic mass is 9.92. The van der Waals surface area contributed by atoms with Gasteiger partial charge in [0.05, 0.1) is 32.4 Å². The molecule has 54 heavy (non-hydrogen) atoms. The van der Waals surface area contributed by atoms with Gasteiger partial charge in [0.15, 0.2) is 29.0 Å². The molecule has 0 spiro atoms. The number of aryl methyl sites for hydroxylation is 2. The summed E-state index contributed by atoms with van der Waals surface area (Å²) >= 11 is 0. The van der Waals surface area contributed by atoms with E-state index in [2.05, 4.69) is 76.8 Å². The molecule has 0 aliphatic rings. The second-order valence-corrected chi connectivity index (χ2v) is 16.4. The summed E-state index contributed by atoms with van der Waals surface area (Å²) in [7, 11) is 3.16. The van der Waals surface area contributed by atoms with Crippen molar-refractivity contribution in [2.45, 2.75) is 139 Å². The lowest BCUT2D eigenvalue weighted by Gasteiger charge is -2.12. The van der Waals surface area contributed by atoms with Crippen LogP contribution in [0, 0.1) is 12.8 Å². The predicted molar refractivity (Wildman–Crippen MR) is 196 cm³/mol. The van der Waals surface area contributed by atoms with Crippen molar-refractivity contribution in [1.82, 2.24) is 35.3 Å². The smallest absolute Gasteiger partial charge is 0.436 e. The van der Waals surface area contributed by atoms with Crippen LogP contribution in [0.2, 0.25) is 0 Å². The molecule has 0 aliphatic heterocycles. The molecule has 0 aliphatic carbocycles. The topological polar surface area (TPSA) is 174 Å². The Morgan fingerprint density at radius 1 is 0.815 bits per heavy atom. The summed E-state index contributed by atoms with van der Waals surface area (Å²) in [5.41, 5.74) is -0.292. The predicted octanol–water partition coefficient (Wildman–Crippen LogP) is 8.74. The number of methoxy groups -OCH3 is 1. The highest BCUT2D eigenvalue weighted by Gasteiger charge is 2.36. The first-order valence-corrected chi connectivity index (χ1v) is 17.3. The molecule has 4 heterocycles. The summed E-state index contributed by atoms with van der Waals surface area (Å²) in [5.74, 6) is 1.72. The minimum absolute atomic E-state index is 0.00463. The number of hydrogen-bond acceptors (Lipinski definition) is 13. The average molecular weight is 772 g/mol. The van der Waals surface area contributed by atoms with Crippen LogP contribution in [0.15, 0.2) is 32.0 Å². The van der Waals surface area contributed by atoms with Gasteiger partial charge in [0, 0.05) is 27.7 Å². The van der Waals surface area contributed by atoms with Crippen molar-refractivity contribution in [1.29, 1.82) is 0 Å². The maximum absolute atomic E-state index is 12.1. The van der Waals surface area contributed by atoms with Gasteiger partial charge in [-0.3, -0.25) is 4.79 Å². The maximum Gasteiger partial charge on any atom is 0.436 e. The third-order valence-corrected chi connectivity index (χ3v) is 6.31. The highest BCUT2D eigenvalue weighted by atomic mass is 19.4. The van der Waals surface area contributed by atoms with E-state index in [0.717, 1.165) is 17.3 Å². The van der Waals surface area contributed by atoms with Gasteiger partial charge < -0.3 is 22.8 Å². The fraction of sp³-hybridized carbons (Fsp3) is 0.676. The molecular formula is C37H60F3N7O7. The van der Waals surface area contributed by atoms with E-state index in [1.165, 1.54) is 18.2 Å². The minimum Gasteiger partial charge on any atom is -0.469 e. The maximum atomic E-state index is 12.1. The van der Waals surface area contributed by atoms with Gasteiger partial charge in [-0.1, -0.05) is 102 Å². The van der Waals surface area contributed by atoms with E-state index >= 15 is 0 Å². The molecule has 17 heteroatoms. The van der Waals surface area contributed by atoms with Gasteiger partial charge in [-0.15, -0.1) is 10.2 Å². The average Bonchev–Trinajstić information content (AvgIpc) is 3.83. The first-order chi connectivity index (χ1) is 24.3. The highest BCUT2D eigenvalue weighted by molar-refractivity contribution is 5.86. The number of hydrogen-bond donors (Lipinski definition) is 0. The van der Waals surface area contributed by atoms with Crippen LogP contribution in [0.1, 0.15) is 149 Å². The lowest BCUT2D eigenvalue weighted by molar-refractivity contribution is -0.144. The molecule has 0 atom stereocenters. The Morgan fingerprint density at radius 3 is 1.57 bits per heavy atom. The second kappa shape index (κ2) is 20.2. The third-order valence-electron chi connectivity index (χ3n) is 6.31. The SMILES string of the molecule is CC(C)(C)c1nc(C(F)(F)F)co1.CCOC(=O)c1coc(C(C)(C)C)n1.COC(=O)C(C)C.Cc1cc(C(C)(C)C)no1.Cn1nnc(C(C)(C)C)n1. The van der Waals surface area contributed by atoms with E-state index in [1.807, 2.05) is 33.8 Å². The molecule has 0 amide bonds. The molecule has 0 saturated carbocycles. The van der Waals surface area contributed by atoms with E-state index in [4.69, 9.17) is 18.1 Å². The Labute approximate surface area is 317 Å². The number of nitrogens with zero attached hydrogens (tertiary/aromatic N) is 7. The molecule has 0 bridgehead atoms. The number of ether oxygens (including phenoxy) is 2. The minimum atomic E-state index is -4.42. The van der Waals surface area contributed by atoms with Gasteiger partial charge in [0.25, 0.3) is 0 Å². The fourth-order valence-electron chi connectivity index (χ4n) is 3.21. The van der Waals surface area contributed by atoms with Crippen LogP contribution < -0.4 is 0 Å². The zero-order chi connectivity index (χ0) is 42.5. The lowest BCUT2D eigenvalue weighted by Crippen LogP contribution is -2.13. The van der Waals surface area contributed by atoms with Gasteiger partial charge in [-0.05, 0) is 19.1 Å². The van der Waals surface area contributed by atoms with Gasteiger partial charge in [-0.2, -0.15) is 18.0 Å². The monoisotopic (exact) mass is 771 g/mol. The van der Waals surface area contributed by atoms with Crippen LogP contribution >= 0.6 is 0 Å². The van der Waals surface area contributed by atoms with E-state index in [1.54, 1.807) is 48.6 Å². The van der Waals surface area contributed by atoms with Crippen LogP contribution in [0.3, 0.4) is 0 Å². The first kappa shape index (κ1) is 49.4. The van der Waals surface area contributed by atoms with Crippen molar-refractivity contribution in [3.8, 4) is 0 Å². The number of tetrazole rings is 1. The fourth-order valence-corrected chi connectivity index (χ4v) is 3.21. The number of carbonyl (C=O) groups excluding carboxylic acids is 2. The largest absolute Gasteiger partial charge is 0.469 e. The van der Waals surface area contributed by atoms with Gasteiger partial charge in [0.1, 0.15) is 18.3 Å². The normalized spacial score (nSPS) is 11.8. The van der Waals surface area contributed by atoms with Crippen LogP contribution in [0.4, 0.5) is 13.2 Å². The van der Waals surface area contributed by atoms with Crippen molar-refractivity contribution in [2.75, 3.05) is 13.7 Å². The Bertz CT molecular complexity index is 1610. The number of aromatic nitrogens is 7. The summed E-state index contributed by atoms with van der Waals surface area (Å²) in [6.45, 7) is 31.2. The molecule has 4 rings (SSSR count). The second-order valence-electron chi connectivity index (χ2n) is 16.4.